The number of rotatable bonds is 0. The molecular weight excluding hydrogens is 186 g/mol. The minimum absolute atomic E-state index is 0. The summed E-state index contributed by atoms with van der Waals surface area (Å²) in [5.41, 5.74) is 0. The Morgan fingerprint density at radius 2 is 0.909 bits per heavy atom. The van der Waals surface area contributed by atoms with E-state index < -0.39 is 6.16 Å². The van der Waals surface area contributed by atoms with Crippen molar-refractivity contribution in [1.82, 2.24) is 0 Å². The first-order valence-corrected chi connectivity index (χ1v) is 0.651. The molecule has 0 saturated carbocycles. The van der Waals surface area contributed by atoms with E-state index in [1.807, 2.05) is 0 Å². The van der Waals surface area contributed by atoms with E-state index in [-0.39, 0.29) is 84.2 Å². The summed E-state index contributed by atoms with van der Waals surface area (Å²) in [6, 6.07) is 0. The number of carbonyl (C=O) groups is 1. The van der Waals surface area contributed by atoms with E-state index in [0.29, 0.717) is 0 Å². The molecule has 0 aliphatic heterocycles. The quantitative estimate of drug-likeness (QED) is 0.366. The van der Waals surface area contributed by atoms with E-state index in [4.69, 9.17) is 15.0 Å². The molecule has 0 spiro atoms. The number of hydrogen-bond acceptors (Lipinski definition) is 1. The maximum atomic E-state index is 8.56. The summed E-state index contributed by atoms with van der Waals surface area (Å²) in [5.74, 6) is 0. The Hall–Kier alpha value is 1.02. The topological polar surface area (TPSA) is 184 Å². The van der Waals surface area contributed by atoms with Gasteiger partial charge in [0.1, 0.15) is 0 Å². The van der Waals surface area contributed by atoms with E-state index in [1.54, 1.807) is 0 Å². The summed E-state index contributed by atoms with van der Waals surface area (Å²) in [4.78, 5) is 8.56. The summed E-state index contributed by atoms with van der Waals surface area (Å²) < 4.78 is 0. The van der Waals surface area contributed by atoms with Crippen LogP contribution in [0.5, 0.6) is 0 Å². The molecule has 0 aromatic carbocycles. The van der Waals surface area contributed by atoms with E-state index in [1.165, 1.54) is 0 Å². The molecule has 0 amide bonds. The van der Waals surface area contributed by atoms with E-state index in [9.17, 15) is 0 Å². The van der Waals surface area contributed by atoms with Gasteiger partial charge in [0.2, 0.25) is 0 Å². The third kappa shape index (κ3) is 863. The van der Waals surface area contributed by atoms with Crippen LogP contribution in [0.3, 0.4) is 0 Å². The van der Waals surface area contributed by atoms with Crippen LogP contribution in [0.4, 0.5) is 4.79 Å². The second kappa shape index (κ2) is 68.5. The van der Waals surface area contributed by atoms with Gasteiger partial charge in [0.05, 0.1) is 0 Å². The third-order valence-corrected chi connectivity index (χ3v) is 0. The van der Waals surface area contributed by atoms with Gasteiger partial charge in [-0.25, -0.2) is 4.79 Å². The zero-order valence-electron chi connectivity index (χ0n) is 8.30. The Morgan fingerprint density at radius 3 is 0.909 bits per heavy atom. The fourth-order valence-electron chi connectivity index (χ4n) is 0. The summed E-state index contributed by atoms with van der Waals surface area (Å²) >= 11 is 0. The summed E-state index contributed by atoms with van der Waals surface area (Å²) in [7, 11) is 0. The standard InChI is InChI=1S/CH2O3.2Li.4H2O.Ti.2H/c2-1(3)4;;;;;;;;;/h(H2,2,3,4);;;4*1H2;;;/q;2*+1;;;;;;2*-1. The van der Waals surface area contributed by atoms with Gasteiger partial charge in [-0.05, 0) is 0 Å². The van der Waals surface area contributed by atoms with Gasteiger partial charge in [-0.2, -0.15) is 0 Å². The average molecular weight is 198 g/mol. The average Bonchev–Trinajstić information content (AvgIpc) is 0.811. The molecule has 10 N–H and O–H groups in total. The van der Waals surface area contributed by atoms with Crippen molar-refractivity contribution in [3.63, 3.8) is 0 Å². The van der Waals surface area contributed by atoms with Crippen molar-refractivity contribution >= 4 is 6.16 Å². The second-order valence-electron chi connectivity index (χ2n) is 0.283. The molecule has 7 nitrogen and oxygen atoms in total. The molecule has 0 aliphatic carbocycles. The van der Waals surface area contributed by atoms with Crippen LogP contribution in [0.1, 0.15) is 2.85 Å². The summed E-state index contributed by atoms with van der Waals surface area (Å²) in [6.07, 6.45) is -1.83. The smallest absolute Gasteiger partial charge is 1.00 e. The van der Waals surface area contributed by atoms with Crippen LogP contribution in [0.15, 0.2) is 0 Å². The van der Waals surface area contributed by atoms with Gasteiger partial charge < -0.3 is 35.0 Å². The Bertz CT molecular complexity index is 47.5. The largest absolute Gasteiger partial charge is 1.00 e. The van der Waals surface area contributed by atoms with Gasteiger partial charge in [-0.15, -0.1) is 0 Å². The molecule has 0 aromatic rings. The van der Waals surface area contributed by atoms with Crippen LogP contribution in [0.2, 0.25) is 0 Å². The SMILES string of the molecule is O.O.O.O.O=C(O)O.[H-].[H-].[Li+].[Li+].[Ti]. The van der Waals surface area contributed by atoms with Gasteiger partial charge >= 0.3 is 43.9 Å². The molecule has 11 heavy (non-hydrogen) atoms. The van der Waals surface area contributed by atoms with Gasteiger partial charge in [0.25, 0.3) is 0 Å². The maximum absolute atomic E-state index is 8.56. The molecule has 0 bridgehead atoms. The molecular formula is CH12Li2O7Ti. The molecule has 0 fully saturated rings. The molecule has 0 heterocycles. The van der Waals surface area contributed by atoms with Crippen molar-refractivity contribution in [1.29, 1.82) is 0 Å². The third-order valence-electron chi connectivity index (χ3n) is 0. The van der Waals surface area contributed by atoms with Crippen LogP contribution in [-0.4, -0.2) is 38.3 Å². The van der Waals surface area contributed by atoms with Gasteiger partial charge in [-0.1, -0.05) is 0 Å². The number of carboxylic acid groups (broad SMARTS) is 2. The number of hydrogen-bond donors (Lipinski definition) is 2. The summed E-state index contributed by atoms with van der Waals surface area (Å²) in [6.45, 7) is 0. The van der Waals surface area contributed by atoms with Crippen molar-refractivity contribution in [3.8, 4) is 0 Å². The monoisotopic (exact) mass is 198 g/mol. The van der Waals surface area contributed by atoms with Crippen LogP contribution in [0, 0.1) is 0 Å². The van der Waals surface area contributed by atoms with Gasteiger partial charge in [0.15, 0.2) is 0 Å². The zero-order chi connectivity index (χ0) is 3.58. The van der Waals surface area contributed by atoms with Crippen LogP contribution in [-0.2, 0) is 21.7 Å². The van der Waals surface area contributed by atoms with E-state index in [2.05, 4.69) is 0 Å². The van der Waals surface area contributed by atoms with Gasteiger partial charge in [0, 0.05) is 21.7 Å². The van der Waals surface area contributed by atoms with Crippen molar-refractivity contribution in [3.05, 3.63) is 0 Å². The molecule has 0 atom stereocenters. The van der Waals surface area contributed by atoms with Gasteiger partial charge in [-0.3, -0.25) is 0 Å². The molecule has 0 saturated heterocycles. The zero-order valence-corrected chi connectivity index (χ0v) is 7.86. The predicted molar refractivity (Wildman–Crippen MR) is 27.3 cm³/mol. The normalized spacial score (nSPS) is 2.18. The molecule has 0 radical (unpaired) electrons. The van der Waals surface area contributed by atoms with Crippen LogP contribution < -0.4 is 37.7 Å². The molecule has 10 heteroatoms. The first kappa shape index (κ1) is 90.3. The molecule has 0 rings (SSSR count). The molecule has 0 aliphatic rings. The second-order valence-corrected chi connectivity index (χ2v) is 0.283. The Labute approximate surface area is 105 Å². The summed E-state index contributed by atoms with van der Waals surface area (Å²) in [5, 5.41) is 13.9. The minimum Gasteiger partial charge on any atom is -1.00 e. The Morgan fingerprint density at radius 1 is 0.909 bits per heavy atom. The maximum Gasteiger partial charge on any atom is 1.00 e. The Kier molecular flexibility index (Phi) is 562. The van der Waals surface area contributed by atoms with Crippen LogP contribution >= 0.6 is 0 Å². The van der Waals surface area contributed by atoms with Crippen molar-refractivity contribution in [2.75, 3.05) is 0 Å². The van der Waals surface area contributed by atoms with Crippen molar-refractivity contribution in [2.45, 2.75) is 0 Å². The first-order chi connectivity index (χ1) is 1.73. The Balaban J connectivity index is -0.00000000125. The molecule has 64 valence electrons. The van der Waals surface area contributed by atoms with Crippen molar-refractivity contribution in [2.24, 2.45) is 0 Å². The fourth-order valence-corrected chi connectivity index (χ4v) is 0. The minimum atomic E-state index is -1.83. The van der Waals surface area contributed by atoms with Crippen molar-refractivity contribution < 1.29 is 99.2 Å². The van der Waals surface area contributed by atoms with E-state index >= 15 is 0 Å². The first-order valence-electron chi connectivity index (χ1n) is 0.651. The molecule has 0 unspecified atom stereocenters. The van der Waals surface area contributed by atoms with E-state index in [0.717, 1.165) is 0 Å². The molecule has 0 aromatic heterocycles. The fraction of sp³-hybridized carbons (Fsp3) is 0. The predicted octanol–water partition coefficient (Wildman–Crippen LogP) is -8.85. The van der Waals surface area contributed by atoms with Crippen LogP contribution in [0.25, 0.3) is 0 Å².